The van der Waals surface area contributed by atoms with Gasteiger partial charge in [0.25, 0.3) is 5.69 Å². The van der Waals surface area contributed by atoms with Gasteiger partial charge >= 0.3 is 0 Å². The van der Waals surface area contributed by atoms with E-state index in [0.29, 0.717) is 18.4 Å². The van der Waals surface area contributed by atoms with Crippen molar-refractivity contribution in [1.29, 1.82) is 5.26 Å². The highest BCUT2D eigenvalue weighted by molar-refractivity contribution is 7.89. The molecule has 0 N–H and O–H groups in total. The summed E-state index contributed by atoms with van der Waals surface area (Å²) in [5.74, 6) is -0.150. The Balaban J connectivity index is 2.42. The molecule has 1 heterocycles. The van der Waals surface area contributed by atoms with Gasteiger partial charge in [0.15, 0.2) is 4.90 Å². The van der Waals surface area contributed by atoms with Gasteiger partial charge in [-0.2, -0.15) is 9.57 Å². The number of rotatable bonds is 3. The van der Waals surface area contributed by atoms with Crippen molar-refractivity contribution >= 4 is 15.7 Å². The summed E-state index contributed by atoms with van der Waals surface area (Å²) in [6, 6.07) is 6.33. The van der Waals surface area contributed by atoms with E-state index in [1.807, 2.05) is 0 Å². The second-order valence-corrected chi connectivity index (χ2v) is 6.86. The molecule has 0 atom stereocenters. The number of nitriles is 1. The lowest BCUT2D eigenvalue weighted by molar-refractivity contribution is -0.387. The van der Waals surface area contributed by atoms with E-state index in [0.717, 1.165) is 0 Å². The number of nitrogens with zero attached hydrogens (tertiary/aromatic N) is 3. The zero-order chi connectivity index (χ0) is 15.6. The monoisotopic (exact) mass is 309 g/mol. The third kappa shape index (κ3) is 2.89. The molecule has 0 bridgehead atoms. The Kier molecular flexibility index (Phi) is 4.25. The van der Waals surface area contributed by atoms with Crippen molar-refractivity contribution in [3.8, 4) is 6.07 Å². The van der Waals surface area contributed by atoms with Crippen LogP contribution in [-0.4, -0.2) is 30.7 Å². The van der Waals surface area contributed by atoms with Gasteiger partial charge in [-0.15, -0.1) is 0 Å². The number of nitro groups is 1. The minimum Gasteiger partial charge on any atom is -0.258 e. The summed E-state index contributed by atoms with van der Waals surface area (Å²) in [6.07, 6.45) is 0.908. The Labute approximate surface area is 123 Å². The molecule has 1 aliphatic rings. The smallest absolute Gasteiger partial charge is 0.258 e. The van der Waals surface area contributed by atoms with Gasteiger partial charge in [-0.1, -0.05) is 12.1 Å². The highest BCUT2D eigenvalue weighted by Crippen LogP contribution is 2.31. The summed E-state index contributed by atoms with van der Waals surface area (Å²) in [4.78, 5) is 10.2. The van der Waals surface area contributed by atoms with Crippen molar-refractivity contribution < 1.29 is 13.3 Å². The maximum Gasteiger partial charge on any atom is 0.289 e. The number of nitro benzene ring substituents is 1. The van der Waals surface area contributed by atoms with Crippen LogP contribution in [0.3, 0.4) is 0 Å². The predicted octanol–water partition coefficient (Wildman–Crippen LogP) is 1.83. The van der Waals surface area contributed by atoms with E-state index in [1.54, 1.807) is 13.0 Å². The van der Waals surface area contributed by atoms with Crippen LogP contribution in [0, 0.1) is 34.3 Å². The molecule has 8 heteroatoms. The number of piperidine rings is 1. The van der Waals surface area contributed by atoms with E-state index in [-0.39, 0.29) is 23.9 Å². The van der Waals surface area contributed by atoms with Crippen LogP contribution in [-0.2, 0) is 10.0 Å². The zero-order valence-electron chi connectivity index (χ0n) is 11.5. The Bertz CT molecular complexity index is 701. The predicted molar refractivity (Wildman–Crippen MR) is 74.9 cm³/mol. The van der Waals surface area contributed by atoms with Crippen LogP contribution in [0.25, 0.3) is 0 Å². The fraction of sp³-hybridized carbons (Fsp3) is 0.462. The third-order valence-corrected chi connectivity index (χ3v) is 5.71. The van der Waals surface area contributed by atoms with E-state index < -0.39 is 20.6 Å². The number of hydrogen-bond donors (Lipinski definition) is 0. The lowest BCUT2D eigenvalue weighted by Gasteiger charge is -2.28. The van der Waals surface area contributed by atoms with Gasteiger partial charge in [0.2, 0.25) is 10.0 Å². The standard InChI is InChI=1S/C13H15N3O4S/c1-10-3-2-4-12(16(17)18)13(10)21(19,20)15-7-5-11(9-14)6-8-15/h2-4,11H,5-8H2,1H3. The fourth-order valence-electron chi connectivity index (χ4n) is 2.47. The zero-order valence-corrected chi connectivity index (χ0v) is 12.3. The molecule has 0 radical (unpaired) electrons. The van der Waals surface area contributed by atoms with E-state index in [9.17, 15) is 18.5 Å². The molecule has 1 aliphatic heterocycles. The largest absolute Gasteiger partial charge is 0.289 e. The minimum atomic E-state index is -3.92. The molecule has 1 aromatic rings. The van der Waals surface area contributed by atoms with Gasteiger partial charge in [-0.25, -0.2) is 8.42 Å². The van der Waals surface area contributed by atoms with Crippen LogP contribution < -0.4 is 0 Å². The minimum absolute atomic E-state index is 0.150. The molecular formula is C13H15N3O4S. The quantitative estimate of drug-likeness (QED) is 0.625. The van der Waals surface area contributed by atoms with Crippen LogP contribution in [0.1, 0.15) is 18.4 Å². The Morgan fingerprint density at radius 1 is 1.38 bits per heavy atom. The first-order valence-electron chi connectivity index (χ1n) is 6.51. The second kappa shape index (κ2) is 5.79. The third-order valence-electron chi connectivity index (χ3n) is 3.62. The first kappa shape index (κ1) is 15.4. The topological polar surface area (TPSA) is 104 Å². The molecule has 0 unspecified atom stereocenters. The molecule has 2 rings (SSSR count). The van der Waals surface area contributed by atoms with Gasteiger partial charge < -0.3 is 0 Å². The summed E-state index contributed by atoms with van der Waals surface area (Å²) < 4.78 is 26.6. The molecule has 0 aromatic heterocycles. The van der Waals surface area contributed by atoms with E-state index >= 15 is 0 Å². The molecule has 21 heavy (non-hydrogen) atoms. The molecule has 0 spiro atoms. The molecule has 0 aliphatic carbocycles. The van der Waals surface area contributed by atoms with Crippen molar-refractivity contribution in [2.75, 3.05) is 13.1 Å². The van der Waals surface area contributed by atoms with Crippen molar-refractivity contribution in [1.82, 2.24) is 4.31 Å². The maximum absolute atomic E-state index is 12.7. The van der Waals surface area contributed by atoms with Gasteiger partial charge in [0, 0.05) is 25.1 Å². The molecule has 1 fully saturated rings. The normalized spacial score (nSPS) is 17.3. The van der Waals surface area contributed by atoms with Crippen LogP contribution in [0.15, 0.2) is 23.1 Å². The second-order valence-electron chi connectivity index (χ2n) is 4.99. The van der Waals surface area contributed by atoms with Crippen molar-refractivity contribution in [3.05, 3.63) is 33.9 Å². The molecule has 7 nitrogen and oxygen atoms in total. The van der Waals surface area contributed by atoms with Gasteiger partial charge in [0.1, 0.15) is 0 Å². The number of hydrogen-bond acceptors (Lipinski definition) is 5. The summed E-state index contributed by atoms with van der Waals surface area (Å²) in [6.45, 7) is 1.97. The summed E-state index contributed by atoms with van der Waals surface area (Å²) in [5, 5.41) is 19.9. The molecule has 0 amide bonds. The highest BCUT2D eigenvalue weighted by atomic mass is 32.2. The lowest BCUT2D eigenvalue weighted by Crippen LogP contribution is -2.38. The summed E-state index contributed by atoms with van der Waals surface area (Å²) in [5.41, 5.74) is -0.0518. The van der Waals surface area contributed by atoms with Gasteiger partial charge in [-0.05, 0) is 25.3 Å². The number of sulfonamides is 1. The van der Waals surface area contributed by atoms with Crippen LogP contribution in [0.2, 0.25) is 0 Å². The van der Waals surface area contributed by atoms with Gasteiger partial charge in [0.05, 0.1) is 11.0 Å². The van der Waals surface area contributed by atoms with Gasteiger partial charge in [-0.3, -0.25) is 10.1 Å². The molecule has 1 aromatic carbocycles. The summed E-state index contributed by atoms with van der Waals surface area (Å²) in [7, 11) is -3.92. The summed E-state index contributed by atoms with van der Waals surface area (Å²) >= 11 is 0. The highest BCUT2D eigenvalue weighted by Gasteiger charge is 2.35. The van der Waals surface area contributed by atoms with E-state index in [2.05, 4.69) is 6.07 Å². The lowest BCUT2D eigenvalue weighted by atomic mass is 10.0. The first-order chi connectivity index (χ1) is 9.87. The molecule has 112 valence electrons. The van der Waals surface area contributed by atoms with Crippen LogP contribution >= 0.6 is 0 Å². The fourth-order valence-corrected chi connectivity index (χ4v) is 4.30. The number of aryl methyl sites for hydroxylation is 1. The van der Waals surface area contributed by atoms with E-state index in [4.69, 9.17) is 5.26 Å². The molecular weight excluding hydrogens is 294 g/mol. The number of benzene rings is 1. The Morgan fingerprint density at radius 3 is 2.52 bits per heavy atom. The molecule has 1 saturated heterocycles. The van der Waals surface area contributed by atoms with Crippen LogP contribution in [0.4, 0.5) is 5.69 Å². The van der Waals surface area contributed by atoms with Crippen LogP contribution in [0.5, 0.6) is 0 Å². The van der Waals surface area contributed by atoms with Crippen molar-refractivity contribution in [2.45, 2.75) is 24.7 Å². The Morgan fingerprint density at radius 2 is 2.00 bits per heavy atom. The van der Waals surface area contributed by atoms with Crippen molar-refractivity contribution in [2.24, 2.45) is 5.92 Å². The average Bonchev–Trinajstić information content (AvgIpc) is 2.46. The van der Waals surface area contributed by atoms with Crippen molar-refractivity contribution in [3.63, 3.8) is 0 Å². The SMILES string of the molecule is Cc1cccc([N+](=O)[O-])c1S(=O)(=O)N1CCC(C#N)CC1. The maximum atomic E-state index is 12.7. The molecule has 0 saturated carbocycles. The van der Waals surface area contributed by atoms with E-state index in [1.165, 1.54) is 16.4 Å². The first-order valence-corrected chi connectivity index (χ1v) is 7.95. The average molecular weight is 309 g/mol. The Hall–Kier alpha value is -1.98.